The summed E-state index contributed by atoms with van der Waals surface area (Å²) in [6, 6.07) is 13.4. The van der Waals surface area contributed by atoms with Crippen LogP contribution in [0.3, 0.4) is 0 Å². The number of pyridine rings is 1. The van der Waals surface area contributed by atoms with Gasteiger partial charge in [0.1, 0.15) is 5.82 Å². The minimum Gasteiger partial charge on any atom is -0.481 e. The van der Waals surface area contributed by atoms with Crippen molar-refractivity contribution in [1.29, 1.82) is 0 Å². The van der Waals surface area contributed by atoms with Crippen LogP contribution in [0.25, 0.3) is 22.6 Å². The van der Waals surface area contributed by atoms with Crippen LogP contribution in [0.4, 0.5) is 0 Å². The number of aliphatic hydroxyl groups is 1. The number of nitrogens with zero attached hydrogens (tertiary/aromatic N) is 5. The second kappa shape index (κ2) is 9.41. The van der Waals surface area contributed by atoms with E-state index in [1.807, 2.05) is 54.8 Å². The molecular formula is C24H27N5O4. The van der Waals surface area contributed by atoms with Gasteiger partial charge in [-0.05, 0) is 31.9 Å². The molecule has 0 saturated heterocycles. The topological polar surface area (TPSA) is 104 Å². The van der Waals surface area contributed by atoms with Crippen molar-refractivity contribution in [2.75, 3.05) is 13.7 Å². The predicted octanol–water partition coefficient (Wildman–Crippen LogP) is 2.19. The van der Waals surface area contributed by atoms with E-state index in [-0.39, 0.29) is 13.2 Å². The second-order valence-corrected chi connectivity index (χ2v) is 7.73. The highest BCUT2D eigenvalue weighted by Crippen LogP contribution is 2.27. The zero-order valence-electron chi connectivity index (χ0n) is 19.0. The lowest BCUT2D eigenvalue weighted by Gasteiger charge is -2.13. The molecule has 172 valence electrons. The SMILES string of the molecule is CCn1c(=O)n(CCCO)c(=O)c2c1nc(-c1ccc(OC)nc1C)n2Cc1ccccc1. The summed E-state index contributed by atoms with van der Waals surface area (Å²) in [6.07, 6.45) is 0.311. The first-order valence-electron chi connectivity index (χ1n) is 10.9. The molecule has 3 aromatic heterocycles. The number of benzene rings is 1. The van der Waals surface area contributed by atoms with E-state index >= 15 is 0 Å². The number of fused-ring (bicyclic) bond motifs is 1. The second-order valence-electron chi connectivity index (χ2n) is 7.73. The van der Waals surface area contributed by atoms with Crippen molar-refractivity contribution in [3.8, 4) is 17.3 Å². The summed E-state index contributed by atoms with van der Waals surface area (Å²) >= 11 is 0. The number of aliphatic hydroxyl groups excluding tert-OH is 1. The van der Waals surface area contributed by atoms with E-state index in [2.05, 4.69) is 4.98 Å². The summed E-state index contributed by atoms with van der Waals surface area (Å²) in [4.78, 5) is 35.9. The monoisotopic (exact) mass is 449 g/mol. The number of methoxy groups -OCH3 is 1. The summed E-state index contributed by atoms with van der Waals surface area (Å²) in [7, 11) is 1.56. The number of aromatic nitrogens is 5. The zero-order chi connectivity index (χ0) is 23.5. The Morgan fingerprint density at radius 1 is 1.00 bits per heavy atom. The molecule has 1 aromatic carbocycles. The maximum Gasteiger partial charge on any atom is 0.332 e. The normalized spacial score (nSPS) is 11.3. The number of hydrogen-bond acceptors (Lipinski definition) is 6. The van der Waals surface area contributed by atoms with Crippen LogP contribution in [0.1, 0.15) is 24.6 Å². The van der Waals surface area contributed by atoms with Gasteiger partial charge in [-0.1, -0.05) is 30.3 Å². The van der Waals surface area contributed by atoms with Gasteiger partial charge in [0.25, 0.3) is 5.56 Å². The van der Waals surface area contributed by atoms with Crippen LogP contribution >= 0.6 is 0 Å². The van der Waals surface area contributed by atoms with Crippen molar-refractivity contribution >= 4 is 11.2 Å². The molecule has 1 N–H and O–H groups in total. The molecular weight excluding hydrogens is 422 g/mol. The van der Waals surface area contributed by atoms with Crippen molar-refractivity contribution in [3.63, 3.8) is 0 Å². The van der Waals surface area contributed by atoms with Crippen LogP contribution in [0.15, 0.2) is 52.1 Å². The lowest BCUT2D eigenvalue weighted by Crippen LogP contribution is -2.40. The van der Waals surface area contributed by atoms with Crippen molar-refractivity contribution in [2.45, 2.75) is 39.9 Å². The molecule has 33 heavy (non-hydrogen) atoms. The molecule has 9 nitrogen and oxygen atoms in total. The smallest absolute Gasteiger partial charge is 0.332 e. The molecule has 9 heteroatoms. The molecule has 0 saturated carbocycles. The van der Waals surface area contributed by atoms with Gasteiger partial charge in [0.05, 0.1) is 12.8 Å². The van der Waals surface area contributed by atoms with Gasteiger partial charge in [-0.3, -0.25) is 13.9 Å². The van der Waals surface area contributed by atoms with Crippen LogP contribution in [0.5, 0.6) is 5.88 Å². The minimum atomic E-state index is -0.427. The third-order valence-electron chi connectivity index (χ3n) is 5.66. The molecule has 0 fully saturated rings. The van der Waals surface area contributed by atoms with Gasteiger partial charge in [-0.25, -0.2) is 14.8 Å². The van der Waals surface area contributed by atoms with E-state index in [0.29, 0.717) is 48.1 Å². The van der Waals surface area contributed by atoms with Crippen LogP contribution in [0, 0.1) is 6.92 Å². The van der Waals surface area contributed by atoms with Crippen molar-refractivity contribution in [3.05, 3.63) is 74.6 Å². The maximum atomic E-state index is 13.5. The Labute approximate surface area is 190 Å². The highest BCUT2D eigenvalue weighted by molar-refractivity contribution is 5.78. The van der Waals surface area contributed by atoms with Crippen molar-refractivity contribution in [2.24, 2.45) is 0 Å². The third kappa shape index (κ3) is 4.07. The van der Waals surface area contributed by atoms with Gasteiger partial charge in [-0.2, -0.15) is 0 Å². The highest BCUT2D eigenvalue weighted by atomic mass is 16.5. The third-order valence-corrected chi connectivity index (χ3v) is 5.66. The fourth-order valence-corrected chi connectivity index (χ4v) is 4.02. The van der Waals surface area contributed by atoms with E-state index in [4.69, 9.17) is 9.72 Å². The summed E-state index contributed by atoms with van der Waals surface area (Å²) in [5.74, 6) is 1.04. The van der Waals surface area contributed by atoms with E-state index < -0.39 is 11.2 Å². The molecule has 0 aliphatic carbocycles. The first kappa shape index (κ1) is 22.5. The Hall–Kier alpha value is -3.72. The van der Waals surface area contributed by atoms with Gasteiger partial charge >= 0.3 is 5.69 Å². The van der Waals surface area contributed by atoms with Crippen LogP contribution in [0.2, 0.25) is 0 Å². The molecule has 0 amide bonds. The van der Waals surface area contributed by atoms with Gasteiger partial charge < -0.3 is 14.4 Å². The number of imidazole rings is 1. The summed E-state index contributed by atoms with van der Waals surface area (Å²) < 4.78 is 9.78. The molecule has 0 atom stereocenters. The highest BCUT2D eigenvalue weighted by Gasteiger charge is 2.23. The molecule has 4 rings (SSSR count). The van der Waals surface area contributed by atoms with Crippen LogP contribution in [-0.4, -0.2) is 42.5 Å². The van der Waals surface area contributed by atoms with E-state index in [1.165, 1.54) is 9.13 Å². The summed E-state index contributed by atoms with van der Waals surface area (Å²) in [5.41, 5.74) is 2.29. The molecule has 0 unspecified atom stereocenters. The fraction of sp³-hybridized carbons (Fsp3) is 0.333. The van der Waals surface area contributed by atoms with Gasteiger partial charge in [-0.15, -0.1) is 0 Å². The number of rotatable bonds is 8. The Kier molecular flexibility index (Phi) is 6.41. The summed E-state index contributed by atoms with van der Waals surface area (Å²) in [5, 5.41) is 9.27. The van der Waals surface area contributed by atoms with Crippen molar-refractivity contribution in [1.82, 2.24) is 23.7 Å². The first-order chi connectivity index (χ1) is 16.0. The van der Waals surface area contributed by atoms with Gasteiger partial charge in [0.15, 0.2) is 11.2 Å². The number of ether oxygens (including phenoxy) is 1. The Bertz CT molecular complexity index is 1400. The standard InChI is InChI=1S/C24H27N5O4/c1-4-27-22-20(23(31)28(24(27)32)13-8-14-30)29(15-17-9-6-5-7-10-17)21(26-22)18-11-12-19(33-3)25-16(18)2/h5-7,9-12,30H,4,8,13-15H2,1-3H3. The maximum absolute atomic E-state index is 13.5. The van der Waals surface area contributed by atoms with Gasteiger partial charge in [0, 0.05) is 37.9 Å². The zero-order valence-corrected chi connectivity index (χ0v) is 19.0. The fourth-order valence-electron chi connectivity index (χ4n) is 4.02. The molecule has 0 aliphatic rings. The summed E-state index contributed by atoms with van der Waals surface area (Å²) in [6.45, 7) is 4.49. The number of hydrogen-bond donors (Lipinski definition) is 1. The molecule has 0 spiro atoms. The van der Waals surface area contributed by atoms with Crippen molar-refractivity contribution < 1.29 is 9.84 Å². The average molecular weight is 450 g/mol. The lowest BCUT2D eigenvalue weighted by atomic mass is 10.1. The molecule has 0 aliphatic heterocycles. The lowest BCUT2D eigenvalue weighted by molar-refractivity contribution is 0.277. The molecule has 0 radical (unpaired) electrons. The average Bonchev–Trinajstić information content (AvgIpc) is 3.18. The Morgan fingerprint density at radius 2 is 1.76 bits per heavy atom. The molecule has 0 bridgehead atoms. The molecule has 4 aromatic rings. The minimum absolute atomic E-state index is 0.110. The predicted molar refractivity (Wildman–Crippen MR) is 126 cm³/mol. The van der Waals surface area contributed by atoms with E-state index in [9.17, 15) is 14.7 Å². The quantitative estimate of drug-likeness (QED) is 0.442. The number of aryl methyl sites for hydroxylation is 2. The van der Waals surface area contributed by atoms with Crippen LogP contribution < -0.4 is 16.0 Å². The largest absolute Gasteiger partial charge is 0.481 e. The van der Waals surface area contributed by atoms with Crippen LogP contribution in [-0.2, 0) is 19.6 Å². The first-order valence-corrected chi connectivity index (χ1v) is 10.9. The van der Waals surface area contributed by atoms with Gasteiger partial charge in [0.2, 0.25) is 5.88 Å². The molecule has 3 heterocycles. The van der Waals surface area contributed by atoms with E-state index in [0.717, 1.165) is 11.1 Å². The van der Waals surface area contributed by atoms with E-state index in [1.54, 1.807) is 13.2 Å². The Morgan fingerprint density at radius 3 is 2.39 bits per heavy atom. The Balaban J connectivity index is 2.07.